The Balaban J connectivity index is 2.31. The molecule has 0 radical (unpaired) electrons. The van der Waals surface area contributed by atoms with E-state index in [9.17, 15) is 9.59 Å². The molecule has 2 fully saturated rings. The Morgan fingerprint density at radius 2 is 1.45 bits per heavy atom. The van der Waals surface area contributed by atoms with Crippen LogP contribution in [-0.4, -0.2) is 23.1 Å². The maximum atomic E-state index is 12.4. The number of carboxylic acids is 1. The number of esters is 1. The minimum absolute atomic E-state index is 0.0191. The van der Waals surface area contributed by atoms with Crippen molar-refractivity contribution in [3.8, 4) is 0 Å². The van der Waals surface area contributed by atoms with Gasteiger partial charge in [0.2, 0.25) is 0 Å². The average molecular weight is 409 g/mol. The zero-order valence-electron chi connectivity index (χ0n) is 19.7. The van der Waals surface area contributed by atoms with Crippen LogP contribution in [0.3, 0.4) is 0 Å². The zero-order valence-corrected chi connectivity index (χ0v) is 19.7. The Morgan fingerprint density at radius 3 is 1.93 bits per heavy atom. The van der Waals surface area contributed by atoms with E-state index in [4.69, 9.17) is 9.84 Å². The van der Waals surface area contributed by atoms with Crippen molar-refractivity contribution >= 4 is 11.9 Å². The van der Waals surface area contributed by atoms with E-state index in [1.54, 1.807) is 0 Å². The van der Waals surface area contributed by atoms with Crippen molar-refractivity contribution < 1.29 is 19.4 Å². The maximum Gasteiger partial charge on any atom is 0.306 e. The summed E-state index contributed by atoms with van der Waals surface area (Å²) >= 11 is 0. The highest BCUT2D eigenvalue weighted by Crippen LogP contribution is 2.60. The van der Waals surface area contributed by atoms with Crippen LogP contribution in [0, 0.1) is 28.1 Å². The molecule has 2 saturated carbocycles. The quantitative estimate of drug-likeness (QED) is 0.481. The van der Waals surface area contributed by atoms with Gasteiger partial charge in [-0.3, -0.25) is 9.59 Å². The lowest BCUT2D eigenvalue weighted by Gasteiger charge is -2.48. The summed E-state index contributed by atoms with van der Waals surface area (Å²) in [5.74, 6) is -0.254. The Bertz CT molecular complexity index is 544. The van der Waals surface area contributed by atoms with Gasteiger partial charge in [-0.1, -0.05) is 73.6 Å². The maximum absolute atomic E-state index is 12.4. The standard InChI is InChI=1S/C25H44O4/c1-23(2,3)16-25(17-24(4,5)6)15-14-19(29-21(28)13-12-20(26)27)22(25)18-10-8-7-9-11-18/h18-19,22H,7-17H2,1-6H3,(H,26,27). The Hall–Kier alpha value is -1.06. The van der Waals surface area contributed by atoms with E-state index < -0.39 is 5.97 Å². The van der Waals surface area contributed by atoms with Gasteiger partial charge in [0.25, 0.3) is 0 Å². The number of aliphatic carboxylic acids is 1. The Morgan fingerprint density at radius 1 is 0.897 bits per heavy atom. The summed E-state index contributed by atoms with van der Waals surface area (Å²) in [6, 6.07) is 0. The van der Waals surface area contributed by atoms with Crippen LogP contribution in [0.4, 0.5) is 0 Å². The predicted octanol–water partition coefficient (Wildman–Crippen LogP) is 6.61. The monoisotopic (exact) mass is 408 g/mol. The highest BCUT2D eigenvalue weighted by Gasteiger charge is 2.55. The van der Waals surface area contributed by atoms with E-state index >= 15 is 0 Å². The number of hydrogen-bond acceptors (Lipinski definition) is 3. The molecule has 0 aliphatic heterocycles. The summed E-state index contributed by atoms with van der Waals surface area (Å²) in [5.41, 5.74) is 0.636. The van der Waals surface area contributed by atoms with Crippen LogP contribution in [0.15, 0.2) is 0 Å². The molecule has 2 aliphatic rings. The third-order valence-corrected chi connectivity index (χ3v) is 6.78. The molecular weight excluding hydrogens is 364 g/mol. The third kappa shape index (κ3) is 7.29. The van der Waals surface area contributed by atoms with Gasteiger partial charge < -0.3 is 9.84 Å². The molecule has 2 atom stereocenters. The smallest absolute Gasteiger partial charge is 0.306 e. The van der Waals surface area contributed by atoms with Gasteiger partial charge in [-0.05, 0) is 47.8 Å². The van der Waals surface area contributed by atoms with Crippen molar-refractivity contribution in [2.24, 2.45) is 28.1 Å². The molecular formula is C25H44O4. The van der Waals surface area contributed by atoms with Crippen molar-refractivity contribution in [1.29, 1.82) is 0 Å². The van der Waals surface area contributed by atoms with Crippen LogP contribution in [-0.2, 0) is 14.3 Å². The van der Waals surface area contributed by atoms with E-state index in [-0.39, 0.29) is 41.2 Å². The van der Waals surface area contributed by atoms with Crippen molar-refractivity contribution in [3.05, 3.63) is 0 Å². The number of hydrogen-bond donors (Lipinski definition) is 1. The second-order valence-electron chi connectivity index (χ2n) is 12.2. The zero-order chi connectivity index (χ0) is 21.9. The normalized spacial score (nSPS) is 25.7. The fourth-order valence-corrected chi connectivity index (χ4v) is 6.62. The van der Waals surface area contributed by atoms with Gasteiger partial charge in [0, 0.05) is 5.92 Å². The van der Waals surface area contributed by atoms with Gasteiger partial charge in [0.15, 0.2) is 0 Å². The van der Waals surface area contributed by atoms with E-state index in [1.807, 2.05) is 0 Å². The molecule has 0 amide bonds. The second kappa shape index (κ2) is 9.39. The van der Waals surface area contributed by atoms with Crippen LogP contribution in [0.2, 0.25) is 0 Å². The molecule has 29 heavy (non-hydrogen) atoms. The predicted molar refractivity (Wildman–Crippen MR) is 117 cm³/mol. The number of rotatable bonds is 7. The summed E-state index contributed by atoms with van der Waals surface area (Å²) in [4.78, 5) is 23.3. The van der Waals surface area contributed by atoms with Crippen LogP contribution >= 0.6 is 0 Å². The molecule has 2 unspecified atom stereocenters. The van der Waals surface area contributed by atoms with Crippen LogP contribution in [0.25, 0.3) is 0 Å². The van der Waals surface area contributed by atoms with Gasteiger partial charge in [0.05, 0.1) is 12.8 Å². The molecule has 0 aromatic carbocycles. The lowest BCUT2D eigenvalue weighted by atomic mass is 9.57. The highest BCUT2D eigenvalue weighted by molar-refractivity contribution is 5.76. The average Bonchev–Trinajstić information content (AvgIpc) is 2.87. The lowest BCUT2D eigenvalue weighted by molar-refractivity contribution is -0.156. The molecule has 0 heterocycles. The SMILES string of the molecule is CC(C)(C)CC1(CC(C)(C)C)CCC(OC(=O)CCC(=O)O)C1C1CCCCC1. The largest absolute Gasteiger partial charge is 0.481 e. The molecule has 0 aromatic rings. The molecule has 168 valence electrons. The summed E-state index contributed by atoms with van der Waals surface area (Å²) in [6.07, 6.45) is 10.5. The molecule has 0 aromatic heterocycles. The first kappa shape index (κ1) is 24.2. The Labute approximate surface area is 178 Å². The third-order valence-electron chi connectivity index (χ3n) is 6.78. The van der Waals surface area contributed by atoms with Crippen molar-refractivity contribution in [3.63, 3.8) is 0 Å². The van der Waals surface area contributed by atoms with Crippen LogP contribution in [0.1, 0.15) is 112 Å². The first-order chi connectivity index (χ1) is 13.3. The van der Waals surface area contributed by atoms with Gasteiger partial charge in [-0.15, -0.1) is 0 Å². The fraction of sp³-hybridized carbons (Fsp3) is 0.920. The number of ether oxygens (including phenoxy) is 1. The Kier molecular flexibility index (Phi) is 7.84. The molecule has 0 bridgehead atoms. The number of carbonyl (C=O) groups is 2. The summed E-state index contributed by atoms with van der Waals surface area (Å²) in [7, 11) is 0. The van der Waals surface area contributed by atoms with Crippen LogP contribution < -0.4 is 0 Å². The second-order valence-corrected chi connectivity index (χ2v) is 12.2. The number of carboxylic acid groups (broad SMARTS) is 1. The van der Waals surface area contributed by atoms with Crippen molar-refractivity contribution in [2.75, 3.05) is 0 Å². The van der Waals surface area contributed by atoms with E-state index in [2.05, 4.69) is 41.5 Å². The van der Waals surface area contributed by atoms with Crippen molar-refractivity contribution in [1.82, 2.24) is 0 Å². The van der Waals surface area contributed by atoms with E-state index in [0.29, 0.717) is 11.8 Å². The van der Waals surface area contributed by atoms with Crippen molar-refractivity contribution in [2.45, 2.75) is 118 Å². The first-order valence-corrected chi connectivity index (χ1v) is 11.7. The first-order valence-electron chi connectivity index (χ1n) is 11.7. The molecule has 2 aliphatic carbocycles. The number of carbonyl (C=O) groups excluding carboxylic acids is 1. The van der Waals surface area contributed by atoms with E-state index in [0.717, 1.165) is 25.7 Å². The van der Waals surface area contributed by atoms with E-state index in [1.165, 1.54) is 32.1 Å². The molecule has 4 nitrogen and oxygen atoms in total. The summed E-state index contributed by atoms with van der Waals surface area (Å²) in [6.45, 7) is 14.0. The van der Waals surface area contributed by atoms with Gasteiger partial charge >= 0.3 is 11.9 Å². The highest BCUT2D eigenvalue weighted by atomic mass is 16.5. The molecule has 1 N–H and O–H groups in total. The van der Waals surface area contributed by atoms with Crippen LogP contribution in [0.5, 0.6) is 0 Å². The lowest BCUT2D eigenvalue weighted by Crippen LogP contribution is -2.43. The molecule has 0 saturated heterocycles. The molecule has 2 rings (SSSR count). The fourth-order valence-electron chi connectivity index (χ4n) is 6.62. The topological polar surface area (TPSA) is 63.6 Å². The molecule has 0 spiro atoms. The minimum Gasteiger partial charge on any atom is -0.481 e. The summed E-state index contributed by atoms with van der Waals surface area (Å²) < 4.78 is 6.01. The van der Waals surface area contributed by atoms with Gasteiger partial charge in [-0.2, -0.15) is 0 Å². The summed E-state index contributed by atoms with van der Waals surface area (Å²) in [5, 5.41) is 8.91. The molecule has 4 heteroatoms. The van der Waals surface area contributed by atoms with Gasteiger partial charge in [0.1, 0.15) is 6.10 Å². The minimum atomic E-state index is -0.938. The van der Waals surface area contributed by atoms with Gasteiger partial charge in [-0.25, -0.2) is 0 Å².